The number of hydrogen-bond acceptors (Lipinski definition) is 5. The van der Waals surface area contributed by atoms with Crippen LogP contribution in [0, 0.1) is 0 Å². The summed E-state index contributed by atoms with van der Waals surface area (Å²) in [5.41, 5.74) is 9.75. The minimum absolute atomic E-state index is 0. The Balaban J connectivity index is 0.00000180. The highest BCUT2D eigenvalue weighted by Crippen LogP contribution is 2.23. The Morgan fingerprint density at radius 1 is 1.37 bits per heavy atom. The number of hydrogen-bond donors (Lipinski definition) is 3. The van der Waals surface area contributed by atoms with Gasteiger partial charge in [-0.25, -0.2) is 10.5 Å². The number of carbonyl (C=O) groups excluding carboxylic acids is 1. The number of nitrogens with zero attached hydrogens (tertiary/aromatic N) is 1. The van der Waals surface area contributed by atoms with Gasteiger partial charge in [0.2, 0.25) is 0 Å². The molecule has 0 aliphatic heterocycles. The molecule has 1 aromatic carbocycles. The zero-order valence-corrected chi connectivity index (χ0v) is 11.4. The average Bonchev–Trinajstić information content (AvgIpc) is 2.83. The Morgan fingerprint density at radius 3 is 2.58 bits per heavy atom. The van der Waals surface area contributed by atoms with Gasteiger partial charge in [0.15, 0.2) is 5.13 Å². The molecular weight excluding hydrogens is 286 g/mol. The van der Waals surface area contributed by atoms with Crippen LogP contribution in [0.5, 0.6) is 0 Å². The smallest absolute Gasteiger partial charge is 0.267 e. The molecule has 100 valence electrons. The summed E-state index contributed by atoms with van der Waals surface area (Å²) in [6, 6.07) is 7.49. The normalized spacial score (nSPS) is 10.2. The van der Waals surface area contributed by atoms with Crippen molar-refractivity contribution in [1.82, 2.24) is 10.5 Å². The van der Waals surface area contributed by atoms with E-state index < -0.39 is 5.91 Å². The maximum Gasteiger partial charge on any atom is 0.267 e. The van der Waals surface area contributed by atoms with Crippen molar-refractivity contribution >= 4 is 40.9 Å². The van der Waals surface area contributed by atoms with Crippen molar-refractivity contribution in [3.8, 4) is 11.3 Å². The fourth-order valence-corrected chi connectivity index (χ4v) is 1.97. The van der Waals surface area contributed by atoms with Crippen LogP contribution in [0.3, 0.4) is 0 Å². The van der Waals surface area contributed by atoms with E-state index in [0.29, 0.717) is 5.13 Å². The summed E-state index contributed by atoms with van der Waals surface area (Å²) in [7, 11) is 0. The maximum atomic E-state index is 10.8. The van der Waals surface area contributed by atoms with E-state index in [2.05, 4.69) is 4.98 Å². The monoisotopic (exact) mass is 297 g/mol. The predicted octanol–water partition coefficient (Wildman–Crippen LogP) is 2.33. The van der Waals surface area contributed by atoms with Crippen LogP contribution >= 0.6 is 23.7 Å². The van der Waals surface area contributed by atoms with Crippen molar-refractivity contribution in [2.24, 2.45) is 0 Å². The van der Waals surface area contributed by atoms with Crippen LogP contribution in [0.4, 0.5) is 5.13 Å². The van der Waals surface area contributed by atoms with Crippen LogP contribution in [0.2, 0.25) is 0 Å². The minimum atomic E-state index is -0.564. The van der Waals surface area contributed by atoms with Gasteiger partial charge in [0.1, 0.15) is 0 Å². The molecule has 0 saturated carbocycles. The van der Waals surface area contributed by atoms with Gasteiger partial charge in [-0.05, 0) is 11.6 Å². The molecule has 1 aromatic heterocycles. The molecule has 2 aromatic rings. The van der Waals surface area contributed by atoms with E-state index in [0.717, 1.165) is 16.8 Å². The number of carbonyl (C=O) groups is 1. The number of aromatic nitrogens is 1. The molecule has 0 bridgehead atoms. The van der Waals surface area contributed by atoms with Gasteiger partial charge in [-0.2, -0.15) is 0 Å². The third-order valence-corrected chi connectivity index (χ3v) is 2.94. The van der Waals surface area contributed by atoms with Crippen molar-refractivity contribution in [1.29, 1.82) is 0 Å². The van der Waals surface area contributed by atoms with E-state index in [1.54, 1.807) is 6.08 Å². The van der Waals surface area contributed by atoms with E-state index in [9.17, 15) is 4.79 Å². The highest BCUT2D eigenvalue weighted by molar-refractivity contribution is 7.13. The van der Waals surface area contributed by atoms with Crippen molar-refractivity contribution < 1.29 is 10.0 Å². The second-order valence-corrected chi connectivity index (χ2v) is 4.39. The molecule has 0 aliphatic rings. The van der Waals surface area contributed by atoms with Crippen LogP contribution in [0.1, 0.15) is 5.56 Å². The number of nitrogens with two attached hydrogens (primary N) is 1. The highest BCUT2D eigenvalue weighted by atomic mass is 35.5. The second-order valence-electron chi connectivity index (χ2n) is 3.50. The van der Waals surface area contributed by atoms with Crippen LogP contribution < -0.4 is 11.2 Å². The molecule has 0 spiro atoms. The maximum absolute atomic E-state index is 10.8. The van der Waals surface area contributed by atoms with Gasteiger partial charge < -0.3 is 5.73 Å². The molecule has 0 saturated heterocycles. The molecular formula is C12H12ClN3O2S. The Morgan fingerprint density at radius 2 is 2.05 bits per heavy atom. The van der Waals surface area contributed by atoms with E-state index in [-0.39, 0.29) is 12.4 Å². The first-order chi connectivity index (χ1) is 8.69. The number of hydroxylamine groups is 1. The number of thiazole rings is 1. The molecule has 0 radical (unpaired) electrons. The molecule has 1 amide bonds. The van der Waals surface area contributed by atoms with Crippen LogP contribution in [0.25, 0.3) is 17.3 Å². The summed E-state index contributed by atoms with van der Waals surface area (Å²) in [5.74, 6) is -0.564. The second kappa shape index (κ2) is 6.89. The number of amides is 1. The van der Waals surface area contributed by atoms with Crippen molar-refractivity contribution in [3.63, 3.8) is 0 Å². The Hall–Kier alpha value is -1.89. The molecule has 0 atom stereocenters. The topological polar surface area (TPSA) is 88.2 Å². The molecule has 19 heavy (non-hydrogen) atoms. The van der Waals surface area contributed by atoms with Gasteiger partial charge in [0.25, 0.3) is 5.91 Å². The van der Waals surface area contributed by atoms with Crippen LogP contribution in [0.15, 0.2) is 35.7 Å². The number of nitrogen functional groups attached to an aromatic ring is 1. The standard InChI is InChI=1S/C12H11N3O2S.ClH/c13-12-14-10(7-18-12)9-4-1-8(2-5-9)3-6-11(16)15-17;/h1-7,17H,(H2,13,14)(H,15,16);1H/b6-3+;. The summed E-state index contributed by atoms with van der Waals surface area (Å²) < 4.78 is 0. The van der Waals surface area contributed by atoms with Gasteiger partial charge in [-0.15, -0.1) is 23.7 Å². The summed E-state index contributed by atoms with van der Waals surface area (Å²) in [6.45, 7) is 0. The number of halogens is 1. The fourth-order valence-electron chi connectivity index (χ4n) is 1.39. The molecule has 7 heteroatoms. The highest BCUT2D eigenvalue weighted by Gasteiger charge is 2.01. The van der Waals surface area contributed by atoms with E-state index in [1.807, 2.05) is 29.6 Å². The summed E-state index contributed by atoms with van der Waals surface area (Å²) in [6.07, 6.45) is 2.85. The fraction of sp³-hybridized carbons (Fsp3) is 0. The minimum Gasteiger partial charge on any atom is -0.375 e. The number of nitrogens with one attached hydrogen (secondary N) is 1. The first kappa shape index (κ1) is 15.2. The van der Waals surface area contributed by atoms with Gasteiger partial charge in [0.05, 0.1) is 5.69 Å². The summed E-state index contributed by atoms with van der Waals surface area (Å²) in [4.78, 5) is 15.0. The third kappa shape index (κ3) is 4.06. The van der Waals surface area contributed by atoms with E-state index in [1.165, 1.54) is 22.9 Å². The van der Waals surface area contributed by atoms with E-state index >= 15 is 0 Å². The number of rotatable bonds is 3. The van der Waals surface area contributed by atoms with Crippen molar-refractivity contribution in [3.05, 3.63) is 41.3 Å². The number of benzene rings is 1. The van der Waals surface area contributed by atoms with Crippen molar-refractivity contribution in [2.45, 2.75) is 0 Å². The largest absolute Gasteiger partial charge is 0.375 e. The van der Waals surface area contributed by atoms with Gasteiger partial charge in [-0.3, -0.25) is 10.0 Å². The predicted molar refractivity (Wildman–Crippen MR) is 78.2 cm³/mol. The Bertz CT molecular complexity index is 581. The lowest BCUT2D eigenvalue weighted by Crippen LogP contribution is -2.14. The Labute approximate surface area is 120 Å². The third-order valence-electron chi connectivity index (χ3n) is 2.27. The first-order valence-corrected chi connectivity index (χ1v) is 6.00. The number of anilines is 1. The van der Waals surface area contributed by atoms with Gasteiger partial charge in [-0.1, -0.05) is 24.3 Å². The molecule has 0 unspecified atom stereocenters. The molecule has 0 fully saturated rings. The SMILES string of the molecule is Cl.Nc1nc(-c2ccc(/C=C/C(=O)NO)cc2)cs1. The quantitative estimate of drug-likeness (QED) is 0.461. The molecule has 0 aliphatic carbocycles. The zero-order valence-electron chi connectivity index (χ0n) is 9.74. The van der Waals surface area contributed by atoms with E-state index in [4.69, 9.17) is 10.9 Å². The molecule has 4 N–H and O–H groups in total. The molecule has 2 rings (SSSR count). The Kier molecular flexibility index (Phi) is 5.50. The summed E-state index contributed by atoms with van der Waals surface area (Å²) in [5, 5.41) is 10.8. The lowest BCUT2D eigenvalue weighted by Gasteiger charge is -1.97. The molecule has 5 nitrogen and oxygen atoms in total. The lowest BCUT2D eigenvalue weighted by atomic mass is 10.1. The molecule has 1 heterocycles. The van der Waals surface area contributed by atoms with Gasteiger partial charge in [0, 0.05) is 17.0 Å². The zero-order chi connectivity index (χ0) is 13.0. The first-order valence-electron chi connectivity index (χ1n) is 5.12. The van der Waals surface area contributed by atoms with Gasteiger partial charge >= 0.3 is 0 Å². The van der Waals surface area contributed by atoms with Crippen LogP contribution in [-0.4, -0.2) is 16.1 Å². The van der Waals surface area contributed by atoms with Crippen LogP contribution in [-0.2, 0) is 4.79 Å². The average molecular weight is 298 g/mol. The lowest BCUT2D eigenvalue weighted by molar-refractivity contribution is -0.124. The summed E-state index contributed by atoms with van der Waals surface area (Å²) >= 11 is 1.39. The van der Waals surface area contributed by atoms with Crippen molar-refractivity contribution in [2.75, 3.05) is 5.73 Å².